The number of halogens is 9. The van der Waals surface area contributed by atoms with Crippen molar-refractivity contribution < 1.29 is 39.5 Å². The first-order chi connectivity index (χ1) is 7.93. The first-order valence-electron chi connectivity index (χ1n) is 4.08. The molecule has 0 amide bonds. The van der Waals surface area contributed by atoms with Gasteiger partial charge in [0.15, 0.2) is 5.69 Å². The zero-order valence-electron chi connectivity index (χ0n) is 8.06. The summed E-state index contributed by atoms with van der Waals surface area (Å²) in [5.41, 5.74) is -6.51. The van der Waals surface area contributed by atoms with E-state index in [9.17, 15) is 39.5 Å². The quantitative estimate of drug-likeness (QED) is 0.827. The maximum absolute atomic E-state index is 12.8. The Kier molecular flexibility index (Phi) is 3.30. The molecule has 1 aromatic heterocycles. The third-order valence-electron chi connectivity index (χ3n) is 1.91. The van der Waals surface area contributed by atoms with Gasteiger partial charge in [0.25, 0.3) is 0 Å². The van der Waals surface area contributed by atoms with E-state index in [-0.39, 0.29) is 0 Å². The third kappa shape index (κ3) is 2.25. The molecule has 0 aliphatic heterocycles. The van der Waals surface area contributed by atoms with Crippen molar-refractivity contribution in [2.24, 2.45) is 0 Å². The molecule has 0 fully saturated rings. The molecule has 1 heterocycles. The molecule has 0 aromatic carbocycles. The van der Waals surface area contributed by atoms with Crippen LogP contribution in [0.15, 0.2) is 0 Å². The minimum absolute atomic E-state index is 1.18. The third-order valence-corrected chi connectivity index (χ3v) is 1.91. The van der Waals surface area contributed by atoms with Crippen molar-refractivity contribution in [2.75, 3.05) is 0 Å². The van der Waals surface area contributed by atoms with Crippen LogP contribution >= 0.6 is 0 Å². The van der Waals surface area contributed by atoms with Gasteiger partial charge in [-0.2, -0.15) is 40.2 Å². The molecule has 0 aliphatic rings. The molecule has 0 saturated carbocycles. The number of H-pyrrole nitrogens is 1. The zero-order valence-corrected chi connectivity index (χ0v) is 8.06. The summed E-state index contributed by atoms with van der Waals surface area (Å²) in [6.45, 7) is -1.91. The number of hydrogen-bond donors (Lipinski definition) is 1. The fourth-order valence-electron chi connectivity index (χ4n) is 1.14. The molecule has 0 spiro atoms. The summed E-state index contributed by atoms with van der Waals surface area (Å²) >= 11 is 0. The average Bonchev–Trinajstić information content (AvgIpc) is 2.58. The van der Waals surface area contributed by atoms with E-state index in [4.69, 9.17) is 0 Å². The minimum atomic E-state index is -6.27. The molecule has 0 aliphatic carbocycles. The van der Waals surface area contributed by atoms with Gasteiger partial charge in [0.05, 0.1) is 5.69 Å². The fourth-order valence-corrected chi connectivity index (χ4v) is 1.14. The number of nitrogens with one attached hydrogen (secondary N) is 1. The number of alkyl halides is 9. The number of aromatic nitrogens is 2. The Morgan fingerprint density at radius 2 is 1.44 bits per heavy atom. The van der Waals surface area contributed by atoms with Crippen LogP contribution in [0.4, 0.5) is 39.5 Å². The van der Waals surface area contributed by atoms with Crippen LogP contribution in [0, 0.1) is 0 Å². The van der Waals surface area contributed by atoms with Gasteiger partial charge in [-0.05, 0) is 0 Å². The topological polar surface area (TPSA) is 28.7 Å². The second kappa shape index (κ2) is 4.05. The predicted octanol–water partition coefficient (Wildman–Crippen LogP) is 3.55. The van der Waals surface area contributed by atoms with Gasteiger partial charge in [-0.3, -0.25) is 5.10 Å². The van der Waals surface area contributed by atoms with Crippen LogP contribution in [-0.4, -0.2) is 16.4 Å². The van der Waals surface area contributed by atoms with Crippen molar-refractivity contribution in [1.29, 1.82) is 0 Å². The van der Waals surface area contributed by atoms with Crippen molar-refractivity contribution in [3.8, 4) is 0 Å². The van der Waals surface area contributed by atoms with E-state index in [1.165, 1.54) is 5.10 Å². The fraction of sp³-hybridized carbons (Fsp3) is 0.571. The second-order valence-electron chi connectivity index (χ2n) is 3.13. The second-order valence-corrected chi connectivity index (χ2v) is 3.13. The van der Waals surface area contributed by atoms with Gasteiger partial charge in [-0.15, -0.1) is 0 Å². The van der Waals surface area contributed by atoms with Gasteiger partial charge in [0.2, 0.25) is 0 Å². The van der Waals surface area contributed by atoms with Crippen LogP contribution in [-0.2, 0) is 18.8 Å². The molecule has 2 nitrogen and oxygen atoms in total. The Morgan fingerprint density at radius 3 is 1.78 bits per heavy atom. The van der Waals surface area contributed by atoms with Crippen molar-refractivity contribution in [3.05, 3.63) is 17.0 Å². The molecule has 1 aromatic rings. The minimum Gasteiger partial charge on any atom is -0.279 e. The highest BCUT2D eigenvalue weighted by molar-refractivity contribution is 5.32. The first kappa shape index (κ1) is 14.6. The van der Waals surface area contributed by atoms with Crippen LogP contribution in [0.25, 0.3) is 0 Å². The summed E-state index contributed by atoms with van der Waals surface area (Å²) in [6.07, 6.45) is -11.9. The highest BCUT2D eigenvalue weighted by atomic mass is 19.4. The molecule has 0 unspecified atom stereocenters. The van der Waals surface area contributed by atoms with Crippen molar-refractivity contribution in [3.63, 3.8) is 0 Å². The SMILES string of the molecule is FCc1[nH]nc(C(F)(F)C(F)(F)F)c1C(F)(F)F. The largest absolute Gasteiger partial charge is 0.459 e. The molecule has 0 atom stereocenters. The smallest absolute Gasteiger partial charge is 0.279 e. The summed E-state index contributed by atoms with van der Waals surface area (Å²) in [4.78, 5) is 0. The summed E-state index contributed by atoms with van der Waals surface area (Å²) < 4.78 is 110. The van der Waals surface area contributed by atoms with Gasteiger partial charge in [-0.25, -0.2) is 4.39 Å². The van der Waals surface area contributed by atoms with E-state index < -0.39 is 41.9 Å². The monoisotopic (exact) mass is 286 g/mol. The highest BCUT2D eigenvalue weighted by Gasteiger charge is 2.63. The predicted molar refractivity (Wildman–Crippen MR) is 38.4 cm³/mol. The van der Waals surface area contributed by atoms with E-state index in [1.54, 1.807) is 0 Å². The van der Waals surface area contributed by atoms with Crippen molar-refractivity contribution in [2.45, 2.75) is 24.9 Å². The number of rotatable bonds is 2. The summed E-state index contributed by atoms with van der Waals surface area (Å²) in [6, 6.07) is 0. The lowest BCUT2D eigenvalue weighted by molar-refractivity contribution is -0.292. The Hall–Kier alpha value is -1.42. The number of hydrogen-bond acceptors (Lipinski definition) is 1. The maximum atomic E-state index is 12.8. The molecule has 1 N–H and O–H groups in total. The lowest BCUT2D eigenvalue weighted by Crippen LogP contribution is -2.36. The molecule has 0 saturated heterocycles. The number of aromatic amines is 1. The van der Waals surface area contributed by atoms with E-state index in [0.29, 0.717) is 0 Å². The van der Waals surface area contributed by atoms with E-state index in [0.717, 1.165) is 0 Å². The van der Waals surface area contributed by atoms with Crippen molar-refractivity contribution in [1.82, 2.24) is 10.2 Å². The van der Waals surface area contributed by atoms with E-state index in [2.05, 4.69) is 5.10 Å². The van der Waals surface area contributed by atoms with Crippen LogP contribution in [0.1, 0.15) is 17.0 Å². The highest BCUT2D eigenvalue weighted by Crippen LogP contribution is 2.48. The number of nitrogens with zero attached hydrogens (tertiary/aromatic N) is 1. The maximum Gasteiger partial charge on any atom is 0.459 e. The van der Waals surface area contributed by atoms with Gasteiger partial charge < -0.3 is 0 Å². The lowest BCUT2D eigenvalue weighted by atomic mass is 10.1. The molecule has 0 bridgehead atoms. The van der Waals surface area contributed by atoms with Crippen LogP contribution in [0.3, 0.4) is 0 Å². The molecule has 1 rings (SSSR count). The molecule has 104 valence electrons. The molecule has 11 heteroatoms. The lowest BCUT2D eigenvalue weighted by Gasteiger charge is -2.19. The van der Waals surface area contributed by atoms with Gasteiger partial charge >= 0.3 is 18.3 Å². The summed E-state index contributed by atoms with van der Waals surface area (Å²) in [7, 11) is 0. The Balaban J connectivity index is 3.48. The molecular formula is C7H3F9N2. The Labute approximate surface area is 92.8 Å². The molecule has 18 heavy (non-hydrogen) atoms. The van der Waals surface area contributed by atoms with Crippen LogP contribution in [0.2, 0.25) is 0 Å². The normalized spacial score (nSPS) is 14.1. The first-order valence-corrected chi connectivity index (χ1v) is 4.08. The molecular weight excluding hydrogens is 283 g/mol. The summed E-state index contributed by atoms with van der Waals surface area (Å²) in [5.74, 6) is -5.83. The van der Waals surface area contributed by atoms with E-state index in [1.807, 2.05) is 0 Å². The zero-order chi connectivity index (χ0) is 14.4. The van der Waals surface area contributed by atoms with Crippen molar-refractivity contribution >= 4 is 0 Å². The molecule has 0 radical (unpaired) electrons. The van der Waals surface area contributed by atoms with Gasteiger partial charge in [0, 0.05) is 0 Å². The Bertz CT molecular complexity index is 427. The van der Waals surface area contributed by atoms with E-state index >= 15 is 0 Å². The average molecular weight is 286 g/mol. The summed E-state index contributed by atoms with van der Waals surface area (Å²) in [5, 5.41) is 3.42. The Morgan fingerprint density at radius 1 is 0.944 bits per heavy atom. The van der Waals surface area contributed by atoms with Gasteiger partial charge in [0.1, 0.15) is 12.2 Å². The van der Waals surface area contributed by atoms with Gasteiger partial charge in [-0.1, -0.05) is 0 Å². The van der Waals surface area contributed by atoms with Crippen LogP contribution in [0.5, 0.6) is 0 Å². The van der Waals surface area contributed by atoms with Crippen LogP contribution < -0.4 is 0 Å². The standard InChI is InChI=1S/C7H3F9N2/c8-1-2-3(6(11,12)13)4(18-17-2)5(9,10)7(14,15)16/h1H2,(H,17,18).